The highest BCUT2D eigenvalue weighted by atomic mass is 16.5. The summed E-state index contributed by atoms with van der Waals surface area (Å²) in [7, 11) is 0. The average Bonchev–Trinajstić information content (AvgIpc) is 2.74. The molecule has 0 saturated heterocycles. The van der Waals surface area contributed by atoms with Gasteiger partial charge in [0.05, 0.1) is 5.69 Å². The fourth-order valence-corrected chi connectivity index (χ4v) is 3.63. The maximum Gasteiger partial charge on any atom is 0.268 e. The monoisotopic (exact) mass is 288 g/mol. The van der Waals surface area contributed by atoms with E-state index in [0.717, 1.165) is 24.3 Å². The molecule has 1 aliphatic heterocycles. The molecular formula is C17H24N2O2. The van der Waals surface area contributed by atoms with E-state index in [1.54, 1.807) is 0 Å². The number of carbonyl (C=O) groups is 1. The average molecular weight is 288 g/mol. The molecule has 2 aliphatic rings. The van der Waals surface area contributed by atoms with Crippen molar-refractivity contribution >= 4 is 11.6 Å². The maximum absolute atomic E-state index is 12.7. The van der Waals surface area contributed by atoms with E-state index >= 15 is 0 Å². The molecule has 21 heavy (non-hydrogen) atoms. The van der Waals surface area contributed by atoms with Crippen molar-refractivity contribution in [2.75, 3.05) is 11.4 Å². The summed E-state index contributed by atoms with van der Waals surface area (Å²) in [6.45, 7) is 2.48. The van der Waals surface area contributed by atoms with Gasteiger partial charge in [-0.05, 0) is 44.4 Å². The largest absolute Gasteiger partial charge is 0.479 e. The Bertz CT molecular complexity index is 517. The van der Waals surface area contributed by atoms with Gasteiger partial charge in [0, 0.05) is 6.04 Å². The van der Waals surface area contributed by atoms with Gasteiger partial charge in [0.2, 0.25) is 0 Å². The van der Waals surface area contributed by atoms with Crippen LogP contribution in [0.3, 0.4) is 0 Å². The molecule has 1 aromatic carbocycles. The molecule has 0 radical (unpaired) electrons. The summed E-state index contributed by atoms with van der Waals surface area (Å²) in [5.74, 6) is 1.26. The highest BCUT2D eigenvalue weighted by Gasteiger charge is 2.39. The molecule has 1 aromatic rings. The first-order valence-electron chi connectivity index (χ1n) is 8.01. The fraction of sp³-hybridized carbons (Fsp3) is 0.588. The zero-order valence-corrected chi connectivity index (χ0v) is 12.6. The van der Waals surface area contributed by atoms with Gasteiger partial charge in [-0.25, -0.2) is 0 Å². The van der Waals surface area contributed by atoms with Crippen LogP contribution in [0.15, 0.2) is 24.3 Å². The van der Waals surface area contributed by atoms with Crippen molar-refractivity contribution in [1.82, 2.24) is 0 Å². The van der Waals surface area contributed by atoms with Crippen LogP contribution in [0.4, 0.5) is 5.69 Å². The predicted molar refractivity (Wildman–Crippen MR) is 83.4 cm³/mol. The van der Waals surface area contributed by atoms with E-state index in [1.165, 1.54) is 19.3 Å². The van der Waals surface area contributed by atoms with Gasteiger partial charge in [-0.15, -0.1) is 0 Å². The second-order valence-corrected chi connectivity index (χ2v) is 6.14. The lowest BCUT2D eigenvalue weighted by atomic mass is 9.92. The Hall–Kier alpha value is -1.55. The number of carbonyl (C=O) groups excluding carboxylic acids is 1. The molecule has 4 nitrogen and oxygen atoms in total. The lowest BCUT2D eigenvalue weighted by Gasteiger charge is -2.41. The minimum absolute atomic E-state index is 0.0686. The molecule has 1 heterocycles. The molecule has 4 heteroatoms. The summed E-state index contributed by atoms with van der Waals surface area (Å²) in [6, 6.07) is 8.05. The number of hydrogen-bond donors (Lipinski definition) is 1. The maximum atomic E-state index is 12.7. The number of amides is 1. The van der Waals surface area contributed by atoms with Crippen LogP contribution < -0.4 is 15.4 Å². The standard InChI is InChI=1S/C17H24N2O2/c1-12-17(20)19(15-9-5-6-10-16(15)21-12)14-8-4-2-3-7-13(14)11-18/h5-6,9-10,12-14H,2-4,7-8,11,18H2,1H3. The first-order valence-corrected chi connectivity index (χ1v) is 8.01. The van der Waals surface area contributed by atoms with Gasteiger partial charge in [0.1, 0.15) is 5.75 Å². The molecule has 1 aliphatic carbocycles. The molecule has 2 N–H and O–H groups in total. The van der Waals surface area contributed by atoms with E-state index in [1.807, 2.05) is 36.1 Å². The molecule has 3 rings (SSSR count). The topological polar surface area (TPSA) is 55.6 Å². The Kier molecular flexibility index (Phi) is 4.15. The molecule has 3 unspecified atom stereocenters. The molecule has 1 saturated carbocycles. The minimum Gasteiger partial charge on any atom is -0.479 e. The van der Waals surface area contributed by atoms with Crippen LogP contribution in [0.2, 0.25) is 0 Å². The molecule has 1 fully saturated rings. The van der Waals surface area contributed by atoms with Crippen LogP contribution >= 0.6 is 0 Å². The number of nitrogens with two attached hydrogens (primary N) is 1. The summed E-state index contributed by atoms with van der Waals surface area (Å²) < 4.78 is 5.74. The van der Waals surface area contributed by atoms with Crippen LogP contribution in [0.5, 0.6) is 5.75 Å². The summed E-state index contributed by atoms with van der Waals surface area (Å²) in [5, 5.41) is 0. The summed E-state index contributed by atoms with van der Waals surface area (Å²) >= 11 is 0. The minimum atomic E-state index is -0.415. The van der Waals surface area contributed by atoms with Crippen molar-refractivity contribution in [2.45, 2.75) is 51.2 Å². The third-order valence-electron chi connectivity index (χ3n) is 4.77. The van der Waals surface area contributed by atoms with Gasteiger partial charge in [0.25, 0.3) is 5.91 Å². The Morgan fingerprint density at radius 2 is 2.00 bits per heavy atom. The quantitative estimate of drug-likeness (QED) is 0.851. The van der Waals surface area contributed by atoms with Crippen molar-refractivity contribution in [1.29, 1.82) is 0 Å². The van der Waals surface area contributed by atoms with E-state index < -0.39 is 6.10 Å². The number of fused-ring (bicyclic) bond motifs is 1. The predicted octanol–water partition coefficient (Wildman–Crippen LogP) is 2.71. The summed E-state index contributed by atoms with van der Waals surface area (Å²) in [6.07, 6.45) is 5.36. The molecule has 114 valence electrons. The number of benzene rings is 1. The molecule has 3 atom stereocenters. The highest BCUT2D eigenvalue weighted by Crippen LogP contribution is 2.39. The zero-order valence-electron chi connectivity index (χ0n) is 12.6. The van der Waals surface area contributed by atoms with Gasteiger partial charge in [0.15, 0.2) is 6.10 Å². The van der Waals surface area contributed by atoms with Gasteiger partial charge >= 0.3 is 0 Å². The number of rotatable bonds is 2. The van der Waals surface area contributed by atoms with Gasteiger partial charge in [-0.1, -0.05) is 31.4 Å². The van der Waals surface area contributed by atoms with Crippen LogP contribution in [-0.2, 0) is 4.79 Å². The highest BCUT2D eigenvalue weighted by molar-refractivity contribution is 6.00. The second kappa shape index (κ2) is 6.06. The van der Waals surface area contributed by atoms with Crippen LogP contribution in [0.25, 0.3) is 0 Å². The molecule has 0 aromatic heterocycles. The summed E-state index contributed by atoms with van der Waals surface area (Å²) in [4.78, 5) is 14.7. The molecule has 0 spiro atoms. The van der Waals surface area contributed by atoms with E-state index in [2.05, 4.69) is 0 Å². The van der Waals surface area contributed by atoms with Gasteiger partial charge in [-0.3, -0.25) is 4.79 Å². The summed E-state index contributed by atoms with van der Waals surface area (Å²) in [5.41, 5.74) is 6.91. The van der Waals surface area contributed by atoms with Crippen LogP contribution in [0.1, 0.15) is 39.0 Å². The molecular weight excluding hydrogens is 264 g/mol. The third kappa shape index (κ3) is 2.64. The Balaban J connectivity index is 2.00. The lowest BCUT2D eigenvalue weighted by Crippen LogP contribution is -2.53. The smallest absolute Gasteiger partial charge is 0.268 e. The van der Waals surface area contributed by atoms with Crippen molar-refractivity contribution < 1.29 is 9.53 Å². The van der Waals surface area contributed by atoms with Crippen molar-refractivity contribution in [3.63, 3.8) is 0 Å². The molecule has 0 bridgehead atoms. The number of hydrogen-bond acceptors (Lipinski definition) is 3. The Labute approximate surface area is 126 Å². The van der Waals surface area contributed by atoms with E-state index in [0.29, 0.717) is 12.5 Å². The second-order valence-electron chi connectivity index (χ2n) is 6.14. The first kappa shape index (κ1) is 14.4. The van der Waals surface area contributed by atoms with Crippen molar-refractivity contribution in [3.05, 3.63) is 24.3 Å². The number of para-hydroxylation sites is 2. The fourth-order valence-electron chi connectivity index (χ4n) is 3.63. The Morgan fingerprint density at radius 3 is 2.81 bits per heavy atom. The van der Waals surface area contributed by atoms with Crippen LogP contribution in [0, 0.1) is 5.92 Å². The first-order chi connectivity index (χ1) is 10.2. The zero-order chi connectivity index (χ0) is 14.8. The Morgan fingerprint density at radius 1 is 1.24 bits per heavy atom. The van der Waals surface area contributed by atoms with Crippen molar-refractivity contribution in [2.24, 2.45) is 11.7 Å². The third-order valence-corrected chi connectivity index (χ3v) is 4.77. The van der Waals surface area contributed by atoms with Gasteiger partial charge in [-0.2, -0.15) is 0 Å². The van der Waals surface area contributed by atoms with Crippen molar-refractivity contribution in [3.8, 4) is 5.75 Å². The van der Waals surface area contributed by atoms with E-state index in [-0.39, 0.29) is 11.9 Å². The van der Waals surface area contributed by atoms with Gasteiger partial charge < -0.3 is 15.4 Å². The van der Waals surface area contributed by atoms with E-state index in [4.69, 9.17) is 10.5 Å². The number of nitrogens with zero attached hydrogens (tertiary/aromatic N) is 1. The normalized spacial score (nSPS) is 29.5. The number of anilines is 1. The van der Waals surface area contributed by atoms with E-state index in [9.17, 15) is 4.79 Å². The van der Waals surface area contributed by atoms with Crippen LogP contribution in [-0.4, -0.2) is 24.6 Å². The number of ether oxygens (including phenoxy) is 1. The SMILES string of the molecule is CC1Oc2ccccc2N(C2CCCCCC2CN)C1=O. The molecule has 1 amide bonds. The lowest BCUT2D eigenvalue weighted by molar-refractivity contribution is -0.126.